The summed E-state index contributed by atoms with van der Waals surface area (Å²) in [5, 5.41) is 4.87. The molecule has 4 rings (SSSR count). The minimum Gasteiger partial charge on any atom is -0.365 e. The molecule has 3 aromatic rings. The van der Waals surface area contributed by atoms with Crippen LogP contribution >= 0.6 is 45.9 Å². The Morgan fingerprint density at radius 1 is 1.26 bits per heavy atom. The van der Waals surface area contributed by atoms with E-state index in [4.69, 9.17) is 28.9 Å². The molecule has 1 aliphatic rings. The largest absolute Gasteiger partial charge is 0.365 e. The lowest BCUT2D eigenvalue weighted by atomic mass is 9.88. The number of nitrogens with two attached hydrogens (primary N) is 1. The number of carbonyl (C=O) groups excluding carboxylic acids is 2. The summed E-state index contributed by atoms with van der Waals surface area (Å²) in [4.78, 5) is 26.4. The highest BCUT2D eigenvalue weighted by molar-refractivity contribution is 7.22. The third-order valence-electron chi connectivity index (χ3n) is 4.80. The number of fused-ring (bicyclic) bond motifs is 2. The fourth-order valence-electron chi connectivity index (χ4n) is 3.48. The summed E-state index contributed by atoms with van der Waals surface area (Å²) < 4.78 is 0.840. The standard InChI is InChI=1S/C19H16Cl2N2O2S2/c1-8-5-6-9-12(7-8)27-19(13(9)17(22)24)23-18(25)16-15(21)14-10(20)3-2-4-11(14)26-16/h2-4,8H,5-7H2,1H3,(H2,22,24)(H,23,25). The van der Waals surface area contributed by atoms with Crippen LogP contribution in [0.2, 0.25) is 10.0 Å². The van der Waals surface area contributed by atoms with E-state index in [0.717, 1.165) is 34.4 Å². The van der Waals surface area contributed by atoms with Crippen molar-refractivity contribution in [3.63, 3.8) is 0 Å². The van der Waals surface area contributed by atoms with E-state index in [1.807, 2.05) is 12.1 Å². The van der Waals surface area contributed by atoms with Gasteiger partial charge in [-0.1, -0.05) is 36.2 Å². The number of carbonyl (C=O) groups is 2. The lowest BCUT2D eigenvalue weighted by Crippen LogP contribution is -2.19. The SMILES string of the molecule is CC1CCc2c(sc(NC(=O)c3sc4cccc(Cl)c4c3Cl)c2C(N)=O)C1. The van der Waals surface area contributed by atoms with Crippen LogP contribution in [0.4, 0.5) is 5.00 Å². The number of benzene rings is 1. The Bertz CT molecular complexity index is 1090. The van der Waals surface area contributed by atoms with Gasteiger partial charge in [0.05, 0.1) is 15.6 Å². The molecule has 0 spiro atoms. The van der Waals surface area contributed by atoms with E-state index in [-0.39, 0.29) is 5.91 Å². The van der Waals surface area contributed by atoms with Crippen molar-refractivity contribution in [1.82, 2.24) is 0 Å². The number of hydrogen-bond donors (Lipinski definition) is 2. The van der Waals surface area contributed by atoms with Crippen molar-refractivity contribution in [2.75, 3.05) is 5.32 Å². The first-order chi connectivity index (χ1) is 12.9. The number of nitrogens with one attached hydrogen (secondary N) is 1. The minimum atomic E-state index is -0.511. The molecule has 3 N–H and O–H groups in total. The summed E-state index contributed by atoms with van der Waals surface area (Å²) in [6.07, 6.45) is 2.72. The molecular weight excluding hydrogens is 423 g/mol. The molecule has 2 amide bonds. The summed E-state index contributed by atoms with van der Waals surface area (Å²) in [5.41, 5.74) is 7.03. The number of amides is 2. The van der Waals surface area contributed by atoms with E-state index < -0.39 is 5.91 Å². The summed E-state index contributed by atoms with van der Waals surface area (Å²) in [7, 11) is 0. The topological polar surface area (TPSA) is 72.2 Å². The van der Waals surface area contributed by atoms with E-state index in [1.165, 1.54) is 22.7 Å². The number of halogens is 2. The molecule has 0 saturated heterocycles. The van der Waals surface area contributed by atoms with Gasteiger partial charge in [0.25, 0.3) is 11.8 Å². The van der Waals surface area contributed by atoms with Crippen molar-refractivity contribution in [1.29, 1.82) is 0 Å². The van der Waals surface area contributed by atoms with Crippen molar-refractivity contribution in [3.05, 3.63) is 49.1 Å². The van der Waals surface area contributed by atoms with Gasteiger partial charge in [0, 0.05) is 15.0 Å². The molecule has 1 unspecified atom stereocenters. The van der Waals surface area contributed by atoms with Gasteiger partial charge < -0.3 is 11.1 Å². The zero-order chi connectivity index (χ0) is 19.3. The lowest BCUT2D eigenvalue weighted by Gasteiger charge is -2.18. The van der Waals surface area contributed by atoms with Crippen LogP contribution in [0, 0.1) is 5.92 Å². The van der Waals surface area contributed by atoms with Crippen molar-refractivity contribution in [2.45, 2.75) is 26.2 Å². The molecule has 1 aliphatic carbocycles. The number of hydrogen-bond acceptors (Lipinski definition) is 4. The molecule has 0 fully saturated rings. The van der Waals surface area contributed by atoms with Gasteiger partial charge in [0.15, 0.2) is 0 Å². The van der Waals surface area contributed by atoms with Gasteiger partial charge in [0.1, 0.15) is 9.88 Å². The predicted octanol–water partition coefficient (Wildman–Crippen LogP) is 5.75. The van der Waals surface area contributed by atoms with Crippen molar-refractivity contribution in [3.8, 4) is 0 Å². The van der Waals surface area contributed by atoms with E-state index in [2.05, 4.69) is 12.2 Å². The maximum atomic E-state index is 12.9. The van der Waals surface area contributed by atoms with Crippen LogP contribution in [0.1, 0.15) is 43.8 Å². The summed E-state index contributed by atoms with van der Waals surface area (Å²) in [6.45, 7) is 2.19. The first-order valence-electron chi connectivity index (χ1n) is 8.49. The molecule has 0 radical (unpaired) electrons. The second-order valence-electron chi connectivity index (χ2n) is 6.73. The first-order valence-corrected chi connectivity index (χ1v) is 10.9. The Balaban J connectivity index is 1.73. The van der Waals surface area contributed by atoms with Gasteiger partial charge in [0.2, 0.25) is 0 Å². The van der Waals surface area contributed by atoms with Gasteiger partial charge in [-0.3, -0.25) is 9.59 Å². The number of thiophene rings is 2. The Hall–Kier alpha value is -1.60. The Morgan fingerprint density at radius 3 is 2.74 bits per heavy atom. The van der Waals surface area contributed by atoms with Gasteiger partial charge >= 0.3 is 0 Å². The smallest absolute Gasteiger partial charge is 0.267 e. The normalized spacial score (nSPS) is 16.3. The summed E-state index contributed by atoms with van der Waals surface area (Å²) in [5.74, 6) is -0.311. The van der Waals surface area contributed by atoms with Gasteiger partial charge in [-0.05, 0) is 42.9 Å². The predicted molar refractivity (Wildman–Crippen MR) is 114 cm³/mol. The van der Waals surface area contributed by atoms with Gasteiger partial charge in [-0.25, -0.2) is 0 Å². The van der Waals surface area contributed by atoms with Crippen LogP contribution in [0.5, 0.6) is 0 Å². The van der Waals surface area contributed by atoms with Crippen molar-refractivity contribution in [2.24, 2.45) is 11.7 Å². The Kier molecular flexibility index (Phi) is 4.93. The van der Waals surface area contributed by atoms with Crippen LogP contribution in [0.15, 0.2) is 18.2 Å². The highest BCUT2D eigenvalue weighted by atomic mass is 35.5. The Labute approximate surface area is 174 Å². The second kappa shape index (κ2) is 7.09. The zero-order valence-electron chi connectivity index (χ0n) is 14.4. The van der Waals surface area contributed by atoms with E-state index >= 15 is 0 Å². The average molecular weight is 439 g/mol. The van der Waals surface area contributed by atoms with E-state index in [9.17, 15) is 9.59 Å². The average Bonchev–Trinajstić information content (AvgIpc) is 3.12. The molecule has 4 nitrogen and oxygen atoms in total. The molecule has 1 aromatic carbocycles. The zero-order valence-corrected chi connectivity index (χ0v) is 17.5. The molecule has 27 heavy (non-hydrogen) atoms. The monoisotopic (exact) mass is 438 g/mol. The van der Waals surface area contributed by atoms with Crippen LogP contribution in [0.25, 0.3) is 10.1 Å². The fraction of sp³-hybridized carbons (Fsp3) is 0.263. The highest BCUT2D eigenvalue weighted by Crippen LogP contribution is 2.42. The van der Waals surface area contributed by atoms with Crippen molar-refractivity contribution < 1.29 is 9.59 Å². The minimum absolute atomic E-state index is 0.327. The molecule has 1 atom stereocenters. The first kappa shape index (κ1) is 18.7. The van der Waals surface area contributed by atoms with Crippen LogP contribution < -0.4 is 11.1 Å². The lowest BCUT2D eigenvalue weighted by molar-refractivity contribution is 0.1000. The van der Waals surface area contributed by atoms with Crippen molar-refractivity contribution >= 4 is 72.8 Å². The quantitative estimate of drug-likeness (QED) is 0.546. The maximum Gasteiger partial charge on any atom is 0.267 e. The fourth-order valence-corrected chi connectivity index (χ4v) is 6.74. The second-order valence-corrected chi connectivity index (χ2v) is 9.67. The van der Waals surface area contributed by atoms with Gasteiger partial charge in [-0.15, -0.1) is 22.7 Å². The molecule has 2 aromatic heterocycles. The third kappa shape index (κ3) is 3.25. The van der Waals surface area contributed by atoms with E-state index in [0.29, 0.717) is 36.8 Å². The third-order valence-corrected chi connectivity index (χ3v) is 7.93. The van der Waals surface area contributed by atoms with E-state index in [1.54, 1.807) is 6.07 Å². The maximum absolute atomic E-state index is 12.9. The molecular formula is C19H16Cl2N2O2S2. The van der Waals surface area contributed by atoms with Gasteiger partial charge in [-0.2, -0.15) is 0 Å². The summed E-state index contributed by atoms with van der Waals surface area (Å²) in [6, 6.07) is 5.43. The summed E-state index contributed by atoms with van der Waals surface area (Å²) >= 11 is 15.4. The number of rotatable bonds is 3. The molecule has 2 heterocycles. The molecule has 0 bridgehead atoms. The van der Waals surface area contributed by atoms with Crippen LogP contribution in [-0.2, 0) is 12.8 Å². The molecule has 140 valence electrons. The number of primary amides is 1. The molecule has 8 heteroatoms. The number of anilines is 1. The van der Waals surface area contributed by atoms with Crippen LogP contribution in [0.3, 0.4) is 0 Å². The highest BCUT2D eigenvalue weighted by Gasteiger charge is 2.28. The Morgan fingerprint density at radius 2 is 2.04 bits per heavy atom. The molecule has 0 saturated carbocycles. The van der Waals surface area contributed by atoms with Crippen LogP contribution in [-0.4, -0.2) is 11.8 Å². The molecule has 0 aliphatic heterocycles.